The smallest absolute Gasteiger partial charge is 0.388 e. The Labute approximate surface area is 148 Å². The van der Waals surface area contributed by atoms with Gasteiger partial charge in [0.25, 0.3) is 0 Å². The van der Waals surface area contributed by atoms with Crippen molar-refractivity contribution in [1.29, 1.82) is 0 Å². The second-order valence-electron chi connectivity index (χ2n) is 6.63. The van der Waals surface area contributed by atoms with Gasteiger partial charge < -0.3 is 19.7 Å². The third-order valence-electron chi connectivity index (χ3n) is 4.98. The number of ether oxygens (including phenoxy) is 2. The van der Waals surface area contributed by atoms with E-state index < -0.39 is 6.61 Å². The van der Waals surface area contributed by atoms with Gasteiger partial charge in [-0.15, -0.1) is 0 Å². The molecule has 140 valence electrons. The van der Waals surface area contributed by atoms with Crippen molar-refractivity contribution in [2.75, 3.05) is 12.4 Å². The molecular formula is C16H20F2N6O2. The van der Waals surface area contributed by atoms with Gasteiger partial charge in [-0.2, -0.15) is 18.9 Å². The molecule has 4 rings (SSSR count). The van der Waals surface area contributed by atoms with Crippen molar-refractivity contribution < 1.29 is 18.3 Å². The number of anilines is 2. The number of alkyl halides is 2. The molecule has 0 saturated carbocycles. The molecule has 0 spiro atoms. The van der Waals surface area contributed by atoms with Crippen molar-refractivity contribution in [3.8, 4) is 11.8 Å². The quantitative estimate of drug-likeness (QED) is 0.812. The summed E-state index contributed by atoms with van der Waals surface area (Å²) >= 11 is 0. The molecule has 8 nitrogen and oxygen atoms in total. The molecule has 0 aromatic carbocycles. The summed E-state index contributed by atoms with van der Waals surface area (Å²) in [5.74, 6) is 1.01. The minimum Gasteiger partial charge on any atom is -0.473 e. The van der Waals surface area contributed by atoms with Crippen LogP contribution in [0.1, 0.15) is 25.7 Å². The number of hydrogen-bond donors (Lipinski definition) is 2. The lowest BCUT2D eigenvalue weighted by Gasteiger charge is -2.35. The standard InChI is InChI=1S/C16H20F2N6O2/c1-24-9-2-3-10(24)5-11(4-9)25-15-8-19-7-13(21-15)20-12-6-14(23-22-12)26-16(17)18/h6-11,16H,2-5H2,1H3,(H2,20,21,22,23)/t9-,10+,11?. The van der Waals surface area contributed by atoms with Crippen LogP contribution in [-0.2, 0) is 0 Å². The molecule has 2 fully saturated rings. The van der Waals surface area contributed by atoms with Gasteiger partial charge >= 0.3 is 6.61 Å². The van der Waals surface area contributed by atoms with Crippen LogP contribution in [0.25, 0.3) is 0 Å². The van der Waals surface area contributed by atoms with Gasteiger partial charge in [0.1, 0.15) is 6.10 Å². The third kappa shape index (κ3) is 3.69. The zero-order valence-electron chi connectivity index (χ0n) is 14.2. The van der Waals surface area contributed by atoms with Gasteiger partial charge in [0, 0.05) is 18.2 Å². The predicted molar refractivity (Wildman–Crippen MR) is 88.8 cm³/mol. The van der Waals surface area contributed by atoms with Gasteiger partial charge in [0.05, 0.1) is 12.4 Å². The Kier molecular flexibility index (Phi) is 4.58. The molecule has 2 aliphatic heterocycles. The second kappa shape index (κ2) is 7.02. The third-order valence-corrected chi connectivity index (χ3v) is 4.98. The fourth-order valence-corrected chi connectivity index (χ4v) is 3.75. The molecule has 0 radical (unpaired) electrons. The molecule has 2 N–H and O–H groups in total. The highest BCUT2D eigenvalue weighted by atomic mass is 19.3. The number of halogens is 2. The summed E-state index contributed by atoms with van der Waals surface area (Å²) in [6.07, 6.45) is 7.62. The molecule has 2 bridgehead atoms. The summed E-state index contributed by atoms with van der Waals surface area (Å²) in [6.45, 7) is -2.91. The second-order valence-corrected chi connectivity index (χ2v) is 6.63. The van der Waals surface area contributed by atoms with E-state index in [1.165, 1.54) is 25.1 Å². The molecule has 26 heavy (non-hydrogen) atoms. The molecule has 2 aliphatic rings. The van der Waals surface area contributed by atoms with Crippen molar-refractivity contribution in [2.45, 2.75) is 50.5 Å². The summed E-state index contributed by atoms with van der Waals surface area (Å²) in [7, 11) is 2.18. The van der Waals surface area contributed by atoms with Gasteiger partial charge in [-0.05, 0) is 32.7 Å². The molecular weight excluding hydrogens is 346 g/mol. The zero-order valence-corrected chi connectivity index (χ0v) is 14.2. The highest BCUT2D eigenvalue weighted by Gasteiger charge is 2.39. The lowest BCUT2D eigenvalue weighted by molar-refractivity contribution is -0.0528. The first-order valence-corrected chi connectivity index (χ1v) is 8.54. The van der Waals surface area contributed by atoms with Crippen molar-refractivity contribution in [3.63, 3.8) is 0 Å². The average Bonchev–Trinajstić information content (AvgIpc) is 3.08. The van der Waals surface area contributed by atoms with E-state index in [1.807, 2.05) is 0 Å². The molecule has 3 atom stereocenters. The van der Waals surface area contributed by atoms with Gasteiger partial charge in [-0.1, -0.05) is 0 Å². The molecule has 0 aliphatic carbocycles. The maximum Gasteiger partial charge on any atom is 0.388 e. The van der Waals surface area contributed by atoms with Crippen LogP contribution in [0, 0.1) is 0 Å². The number of aromatic nitrogens is 4. The highest BCUT2D eigenvalue weighted by molar-refractivity contribution is 5.51. The van der Waals surface area contributed by atoms with Gasteiger partial charge in [-0.25, -0.2) is 5.10 Å². The Morgan fingerprint density at radius 3 is 2.73 bits per heavy atom. The minimum absolute atomic E-state index is 0.129. The Balaban J connectivity index is 1.38. The molecule has 2 aromatic heterocycles. The summed E-state index contributed by atoms with van der Waals surface area (Å²) in [4.78, 5) is 10.9. The van der Waals surface area contributed by atoms with Crippen LogP contribution in [0.4, 0.5) is 20.4 Å². The summed E-state index contributed by atoms with van der Waals surface area (Å²) in [6, 6.07) is 2.46. The fraction of sp³-hybridized carbons (Fsp3) is 0.562. The van der Waals surface area contributed by atoms with Crippen LogP contribution in [0.2, 0.25) is 0 Å². The number of nitrogens with zero attached hydrogens (tertiary/aromatic N) is 4. The summed E-state index contributed by atoms with van der Waals surface area (Å²) < 4.78 is 34.6. The van der Waals surface area contributed by atoms with Crippen LogP contribution in [-0.4, -0.2) is 56.9 Å². The molecule has 2 saturated heterocycles. The molecule has 0 amide bonds. The molecule has 1 unspecified atom stereocenters. The lowest BCUT2D eigenvalue weighted by atomic mass is 10.0. The van der Waals surface area contributed by atoms with E-state index in [2.05, 4.69) is 42.2 Å². The lowest BCUT2D eigenvalue weighted by Crippen LogP contribution is -2.43. The number of aromatic amines is 1. The van der Waals surface area contributed by atoms with Crippen molar-refractivity contribution in [1.82, 2.24) is 25.1 Å². The topological polar surface area (TPSA) is 88.2 Å². The van der Waals surface area contributed by atoms with Crippen molar-refractivity contribution in [3.05, 3.63) is 18.5 Å². The first-order chi connectivity index (χ1) is 12.6. The number of piperidine rings is 1. The van der Waals surface area contributed by atoms with Crippen LogP contribution >= 0.6 is 0 Å². The average molecular weight is 366 g/mol. The van der Waals surface area contributed by atoms with E-state index in [0.717, 1.165) is 12.8 Å². The van der Waals surface area contributed by atoms with E-state index in [-0.39, 0.29) is 12.0 Å². The van der Waals surface area contributed by atoms with Gasteiger partial charge in [-0.3, -0.25) is 4.98 Å². The largest absolute Gasteiger partial charge is 0.473 e. The summed E-state index contributed by atoms with van der Waals surface area (Å²) in [5, 5.41) is 9.08. The number of fused-ring (bicyclic) bond motifs is 2. The van der Waals surface area contributed by atoms with Crippen LogP contribution in [0.5, 0.6) is 11.8 Å². The van der Waals surface area contributed by atoms with Crippen LogP contribution < -0.4 is 14.8 Å². The zero-order chi connectivity index (χ0) is 18.1. The van der Waals surface area contributed by atoms with Crippen molar-refractivity contribution >= 4 is 11.6 Å². The first-order valence-electron chi connectivity index (χ1n) is 8.54. The maximum absolute atomic E-state index is 12.2. The molecule has 2 aromatic rings. The number of nitrogens with one attached hydrogen (secondary N) is 2. The Bertz CT molecular complexity index is 744. The van der Waals surface area contributed by atoms with E-state index >= 15 is 0 Å². The predicted octanol–water partition coefficient (Wildman–Crippen LogP) is 2.55. The minimum atomic E-state index is -2.91. The maximum atomic E-state index is 12.2. The molecule has 4 heterocycles. The Morgan fingerprint density at radius 1 is 1.23 bits per heavy atom. The Morgan fingerprint density at radius 2 is 2.00 bits per heavy atom. The van der Waals surface area contributed by atoms with Gasteiger partial charge in [0.15, 0.2) is 11.6 Å². The SMILES string of the molecule is CN1[C@@H]2CC[C@H]1CC(Oc1cncc(Nc3cc(OC(F)F)[nH]n3)n1)C2. The number of H-pyrrole nitrogens is 1. The number of rotatable bonds is 6. The molecule has 10 heteroatoms. The first kappa shape index (κ1) is 17.0. The van der Waals surface area contributed by atoms with E-state index in [4.69, 9.17) is 4.74 Å². The number of hydrogen-bond acceptors (Lipinski definition) is 7. The van der Waals surface area contributed by atoms with Crippen LogP contribution in [0.3, 0.4) is 0 Å². The fourth-order valence-electron chi connectivity index (χ4n) is 3.75. The van der Waals surface area contributed by atoms with Crippen molar-refractivity contribution in [2.24, 2.45) is 0 Å². The highest BCUT2D eigenvalue weighted by Crippen LogP contribution is 2.35. The Hall–Kier alpha value is -2.49. The normalized spacial score (nSPS) is 25.5. The summed E-state index contributed by atoms with van der Waals surface area (Å²) in [5.41, 5.74) is 0. The van der Waals surface area contributed by atoms with Crippen LogP contribution in [0.15, 0.2) is 18.5 Å². The van der Waals surface area contributed by atoms with E-state index in [0.29, 0.717) is 29.6 Å². The van der Waals surface area contributed by atoms with E-state index in [9.17, 15) is 8.78 Å². The monoisotopic (exact) mass is 366 g/mol. The van der Waals surface area contributed by atoms with E-state index in [1.54, 1.807) is 6.20 Å². The van der Waals surface area contributed by atoms with Gasteiger partial charge in [0.2, 0.25) is 11.8 Å².